The summed E-state index contributed by atoms with van der Waals surface area (Å²) in [6.45, 7) is 2.99. The van der Waals surface area contributed by atoms with Crippen LogP contribution in [-0.4, -0.2) is 23.7 Å². The third-order valence-corrected chi connectivity index (χ3v) is 2.57. The Morgan fingerprint density at radius 2 is 2.50 bits per heavy atom. The fourth-order valence-electron chi connectivity index (χ4n) is 1.74. The first-order valence-corrected chi connectivity index (χ1v) is 4.70. The third kappa shape index (κ3) is 2.48. The number of nitrogens with one attached hydrogen (secondary N) is 1. The van der Waals surface area contributed by atoms with E-state index < -0.39 is 5.97 Å². The van der Waals surface area contributed by atoms with E-state index in [1.807, 2.05) is 6.92 Å². The van der Waals surface area contributed by atoms with Crippen LogP contribution < -0.4 is 5.32 Å². The molecule has 1 fully saturated rings. The van der Waals surface area contributed by atoms with Gasteiger partial charge in [0.15, 0.2) is 0 Å². The zero-order valence-corrected chi connectivity index (χ0v) is 7.55. The Bertz CT molecular complexity index is 153. The number of aliphatic carboxylic acids is 1. The van der Waals surface area contributed by atoms with E-state index >= 15 is 0 Å². The Morgan fingerprint density at radius 3 is 2.92 bits per heavy atom. The summed E-state index contributed by atoms with van der Waals surface area (Å²) in [5.41, 5.74) is 0. The molecule has 0 radical (unpaired) electrons. The summed E-state index contributed by atoms with van der Waals surface area (Å²) < 4.78 is 0. The quantitative estimate of drug-likeness (QED) is 0.669. The average Bonchev–Trinajstić information content (AvgIpc) is 2.51. The van der Waals surface area contributed by atoms with Crippen LogP contribution in [0.5, 0.6) is 0 Å². The summed E-state index contributed by atoms with van der Waals surface area (Å²) in [6.07, 6.45) is 3.88. The molecule has 0 aromatic rings. The first-order valence-electron chi connectivity index (χ1n) is 4.70. The highest BCUT2D eigenvalue weighted by Crippen LogP contribution is 2.17. The molecule has 0 amide bonds. The van der Waals surface area contributed by atoms with Gasteiger partial charge in [-0.05, 0) is 32.2 Å². The van der Waals surface area contributed by atoms with E-state index in [2.05, 4.69) is 5.32 Å². The Kier molecular flexibility index (Phi) is 3.53. The van der Waals surface area contributed by atoms with Crippen molar-refractivity contribution in [2.45, 2.75) is 38.6 Å². The van der Waals surface area contributed by atoms with Gasteiger partial charge in [0.25, 0.3) is 0 Å². The molecule has 0 bridgehead atoms. The van der Waals surface area contributed by atoms with E-state index in [9.17, 15) is 4.79 Å². The molecular formula is C9H17NO2. The van der Waals surface area contributed by atoms with Crippen molar-refractivity contribution in [3.8, 4) is 0 Å². The van der Waals surface area contributed by atoms with Gasteiger partial charge in [0.1, 0.15) is 0 Å². The second kappa shape index (κ2) is 4.45. The van der Waals surface area contributed by atoms with Crippen molar-refractivity contribution < 1.29 is 9.90 Å². The van der Waals surface area contributed by atoms with Gasteiger partial charge in [0.05, 0.1) is 5.92 Å². The van der Waals surface area contributed by atoms with Crippen LogP contribution in [0.15, 0.2) is 0 Å². The number of rotatable bonds is 4. The Hall–Kier alpha value is -0.570. The molecule has 0 spiro atoms. The molecule has 70 valence electrons. The van der Waals surface area contributed by atoms with Crippen LogP contribution in [0.4, 0.5) is 0 Å². The highest BCUT2D eigenvalue weighted by Gasteiger charge is 2.22. The molecule has 0 aliphatic carbocycles. The predicted molar refractivity (Wildman–Crippen MR) is 47.1 cm³/mol. The lowest BCUT2D eigenvalue weighted by molar-refractivity contribution is -0.142. The van der Waals surface area contributed by atoms with Crippen LogP contribution in [0.1, 0.15) is 32.6 Å². The number of carbonyl (C=O) groups is 1. The summed E-state index contributed by atoms with van der Waals surface area (Å²) in [5.74, 6) is -0.799. The summed E-state index contributed by atoms with van der Waals surface area (Å²) >= 11 is 0. The lowest BCUT2D eigenvalue weighted by Gasteiger charge is -2.14. The number of hydrogen-bond acceptors (Lipinski definition) is 2. The maximum atomic E-state index is 10.7. The SMILES string of the molecule is CCC(CC1CCCN1)C(=O)O. The van der Waals surface area contributed by atoms with Crippen molar-refractivity contribution in [3.05, 3.63) is 0 Å². The van der Waals surface area contributed by atoms with Gasteiger partial charge in [-0.25, -0.2) is 0 Å². The molecule has 3 nitrogen and oxygen atoms in total. The zero-order chi connectivity index (χ0) is 8.97. The first kappa shape index (κ1) is 9.52. The van der Waals surface area contributed by atoms with Crippen LogP contribution in [0.2, 0.25) is 0 Å². The van der Waals surface area contributed by atoms with Gasteiger partial charge in [-0.15, -0.1) is 0 Å². The van der Waals surface area contributed by atoms with Crippen molar-refractivity contribution in [1.29, 1.82) is 0 Å². The minimum Gasteiger partial charge on any atom is -0.481 e. The van der Waals surface area contributed by atoms with E-state index in [1.165, 1.54) is 6.42 Å². The highest BCUT2D eigenvalue weighted by molar-refractivity contribution is 5.69. The lowest BCUT2D eigenvalue weighted by atomic mass is 9.97. The topological polar surface area (TPSA) is 49.3 Å². The second-order valence-electron chi connectivity index (χ2n) is 3.47. The van der Waals surface area contributed by atoms with Gasteiger partial charge in [-0.1, -0.05) is 6.92 Å². The number of carboxylic acid groups (broad SMARTS) is 1. The molecule has 2 N–H and O–H groups in total. The van der Waals surface area contributed by atoms with Crippen LogP contribution in [0.25, 0.3) is 0 Å². The molecule has 1 saturated heterocycles. The van der Waals surface area contributed by atoms with Crippen molar-refractivity contribution >= 4 is 5.97 Å². The number of hydrogen-bond donors (Lipinski definition) is 2. The van der Waals surface area contributed by atoms with Crippen LogP contribution in [0, 0.1) is 5.92 Å². The molecule has 3 heteroatoms. The maximum Gasteiger partial charge on any atom is 0.306 e. The van der Waals surface area contributed by atoms with Gasteiger partial charge < -0.3 is 10.4 Å². The Balaban J connectivity index is 2.30. The fraction of sp³-hybridized carbons (Fsp3) is 0.889. The molecule has 1 aliphatic heterocycles. The van der Waals surface area contributed by atoms with E-state index in [0.29, 0.717) is 6.04 Å². The molecule has 1 heterocycles. The standard InChI is InChI=1S/C9H17NO2/c1-2-7(9(11)12)6-8-4-3-5-10-8/h7-8,10H,2-6H2,1H3,(H,11,12). The molecule has 2 unspecified atom stereocenters. The van der Waals surface area contributed by atoms with Crippen molar-refractivity contribution in [1.82, 2.24) is 5.32 Å². The van der Waals surface area contributed by atoms with Crippen molar-refractivity contribution in [2.24, 2.45) is 5.92 Å². The summed E-state index contributed by atoms with van der Waals surface area (Å²) in [5, 5.41) is 12.1. The lowest BCUT2D eigenvalue weighted by Crippen LogP contribution is -2.27. The molecule has 1 aliphatic rings. The zero-order valence-electron chi connectivity index (χ0n) is 7.55. The van der Waals surface area contributed by atoms with Gasteiger partial charge in [0.2, 0.25) is 0 Å². The van der Waals surface area contributed by atoms with E-state index in [1.54, 1.807) is 0 Å². The minimum atomic E-state index is -0.647. The Labute approximate surface area is 73.2 Å². The average molecular weight is 171 g/mol. The smallest absolute Gasteiger partial charge is 0.306 e. The van der Waals surface area contributed by atoms with Gasteiger partial charge in [0, 0.05) is 6.04 Å². The summed E-state index contributed by atoms with van der Waals surface area (Å²) in [7, 11) is 0. The molecule has 1 rings (SSSR count). The largest absolute Gasteiger partial charge is 0.481 e. The van der Waals surface area contributed by atoms with Crippen LogP contribution in [0.3, 0.4) is 0 Å². The second-order valence-corrected chi connectivity index (χ2v) is 3.47. The van der Waals surface area contributed by atoms with Crippen molar-refractivity contribution in [2.75, 3.05) is 6.54 Å². The van der Waals surface area contributed by atoms with Crippen LogP contribution in [-0.2, 0) is 4.79 Å². The molecule has 0 saturated carbocycles. The van der Waals surface area contributed by atoms with Crippen molar-refractivity contribution in [3.63, 3.8) is 0 Å². The molecular weight excluding hydrogens is 154 g/mol. The van der Waals surface area contributed by atoms with E-state index in [-0.39, 0.29) is 5.92 Å². The monoisotopic (exact) mass is 171 g/mol. The first-order chi connectivity index (χ1) is 5.74. The van der Waals surface area contributed by atoms with Crippen LogP contribution >= 0.6 is 0 Å². The molecule has 12 heavy (non-hydrogen) atoms. The predicted octanol–water partition coefficient (Wildman–Crippen LogP) is 1.24. The van der Waals surface area contributed by atoms with E-state index in [4.69, 9.17) is 5.11 Å². The Morgan fingerprint density at radius 1 is 1.75 bits per heavy atom. The van der Waals surface area contributed by atoms with Gasteiger partial charge in [-0.2, -0.15) is 0 Å². The molecule has 2 atom stereocenters. The maximum absolute atomic E-state index is 10.7. The normalized spacial score (nSPS) is 25.6. The minimum absolute atomic E-state index is 0.152. The summed E-state index contributed by atoms with van der Waals surface area (Å²) in [4.78, 5) is 10.7. The number of carboxylic acids is 1. The van der Waals surface area contributed by atoms with Gasteiger partial charge in [-0.3, -0.25) is 4.79 Å². The highest BCUT2D eigenvalue weighted by atomic mass is 16.4. The molecule has 0 aromatic carbocycles. The fourth-order valence-corrected chi connectivity index (χ4v) is 1.74. The molecule has 0 aromatic heterocycles. The van der Waals surface area contributed by atoms with E-state index in [0.717, 1.165) is 25.8 Å². The summed E-state index contributed by atoms with van der Waals surface area (Å²) in [6, 6.07) is 0.450. The third-order valence-electron chi connectivity index (χ3n) is 2.57. The van der Waals surface area contributed by atoms with Gasteiger partial charge >= 0.3 is 5.97 Å².